The molecule has 130 valence electrons. The lowest BCUT2D eigenvalue weighted by atomic mass is 10.3. The largest absolute Gasteiger partial charge is 0.492 e. The molecule has 1 aromatic heterocycles. The summed E-state index contributed by atoms with van der Waals surface area (Å²) in [5.74, 6) is 1.16. The van der Waals surface area contributed by atoms with E-state index in [0.717, 1.165) is 35.2 Å². The molecular formula is C16H22N4O2S2. The SMILES string of the molecule is CCCCNC(=O)CSc1nnc(Nc2ccccc2OCC)s1. The number of aromatic nitrogens is 2. The Morgan fingerprint density at radius 1 is 1.29 bits per heavy atom. The van der Waals surface area contributed by atoms with Gasteiger partial charge in [-0.15, -0.1) is 10.2 Å². The molecule has 1 heterocycles. The number of carbonyl (C=O) groups excluding carboxylic acids is 1. The van der Waals surface area contributed by atoms with Crippen molar-refractivity contribution in [2.45, 2.75) is 31.0 Å². The van der Waals surface area contributed by atoms with Crippen molar-refractivity contribution in [1.82, 2.24) is 15.5 Å². The van der Waals surface area contributed by atoms with Crippen LogP contribution >= 0.6 is 23.1 Å². The molecule has 2 N–H and O–H groups in total. The Hall–Kier alpha value is -1.80. The van der Waals surface area contributed by atoms with Gasteiger partial charge in [0.05, 0.1) is 18.0 Å². The van der Waals surface area contributed by atoms with Crippen molar-refractivity contribution in [3.05, 3.63) is 24.3 Å². The van der Waals surface area contributed by atoms with Crippen LogP contribution in [-0.2, 0) is 4.79 Å². The van der Waals surface area contributed by atoms with Gasteiger partial charge in [-0.3, -0.25) is 4.79 Å². The highest BCUT2D eigenvalue weighted by molar-refractivity contribution is 8.01. The highest BCUT2D eigenvalue weighted by atomic mass is 32.2. The molecule has 0 aliphatic heterocycles. The molecule has 8 heteroatoms. The van der Waals surface area contributed by atoms with E-state index in [-0.39, 0.29) is 5.91 Å². The van der Waals surface area contributed by atoms with E-state index in [2.05, 4.69) is 27.8 Å². The van der Waals surface area contributed by atoms with Crippen molar-refractivity contribution < 1.29 is 9.53 Å². The first-order valence-electron chi connectivity index (χ1n) is 7.94. The number of rotatable bonds is 10. The van der Waals surface area contributed by atoms with Gasteiger partial charge in [-0.25, -0.2) is 0 Å². The molecule has 0 aliphatic carbocycles. The number of ether oxygens (including phenoxy) is 1. The summed E-state index contributed by atoms with van der Waals surface area (Å²) in [6.07, 6.45) is 2.07. The molecule has 1 aromatic carbocycles. The number of amides is 1. The van der Waals surface area contributed by atoms with Crippen LogP contribution in [0, 0.1) is 0 Å². The Kier molecular flexibility index (Phi) is 7.84. The minimum atomic E-state index is 0.0276. The molecule has 0 fully saturated rings. The van der Waals surface area contributed by atoms with Crippen molar-refractivity contribution in [2.75, 3.05) is 24.2 Å². The van der Waals surface area contributed by atoms with Gasteiger partial charge in [-0.1, -0.05) is 48.6 Å². The number of thioether (sulfide) groups is 1. The van der Waals surface area contributed by atoms with Gasteiger partial charge in [0, 0.05) is 6.54 Å². The zero-order valence-electron chi connectivity index (χ0n) is 13.9. The van der Waals surface area contributed by atoms with E-state index in [1.807, 2.05) is 31.2 Å². The molecule has 24 heavy (non-hydrogen) atoms. The zero-order chi connectivity index (χ0) is 17.2. The summed E-state index contributed by atoms with van der Waals surface area (Å²) >= 11 is 2.81. The topological polar surface area (TPSA) is 76.1 Å². The lowest BCUT2D eigenvalue weighted by Crippen LogP contribution is -2.25. The van der Waals surface area contributed by atoms with E-state index in [4.69, 9.17) is 4.74 Å². The number of carbonyl (C=O) groups is 1. The Morgan fingerprint density at radius 3 is 2.92 bits per heavy atom. The summed E-state index contributed by atoms with van der Waals surface area (Å²) in [6.45, 7) is 5.37. The number of nitrogens with one attached hydrogen (secondary N) is 2. The molecule has 0 spiro atoms. The van der Waals surface area contributed by atoms with Crippen molar-refractivity contribution in [3.63, 3.8) is 0 Å². The van der Waals surface area contributed by atoms with E-state index in [1.165, 1.54) is 23.1 Å². The van der Waals surface area contributed by atoms with Gasteiger partial charge >= 0.3 is 0 Å². The molecule has 0 unspecified atom stereocenters. The van der Waals surface area contributed by atoms with Crippen LogP contribution in [0.3, 0.4) is 0 Å². The molecule has 0 radical (unpaired) electrons. The van der Waals surface area contributed by atoms with Gasteiger partial charge in [0.1, 0.15) is 5.75 Å². The Morgan fingerprint density at radius 2 is 2.12 bits per heavy atom. The average molecular weight is 367 g/mol. The number of benzene rings is 1. The van der Waals surface area contributed by atoms with Crippen LogP contribution < -0.4 is 15.4 Å². The predicted octanol–water partition coefficient (Wildman–Crippen LogP) is 3.69. The van der Waals surface area contributed by atoms with E-state index >= 15 is 0 Å². The molecule has 2 rings (SSSR count). The number of anilines is 2. The van der Waals surface area contributed by atoms with Gasteiger partial charge in [0.15, 0.2) is 4.34 Å². The van der Waals surface area contributed by atoms with E-state index < -0.39 is 0 Å². The minimum absolute atomic E-state index is 0.0276. The monoisotopic (exact) mass is 366 g/mol. The highest BCUT2D eigenvalue weighted by Gasteiger charge is 2.10. The van der Waals surface area contributed by atoms with Crippen molar-refractivity contribution >= 4 is 39.8 Å². The molecule has 0 saturated carbocycles. The Labute approximate surface area is 150 Å². The molecular weight excluding hydrogens is 344 g/mol. The summed E-state index contributed by atoms with van der Waals surface area (Å²) in [5, 5.41) is 15.0. The maximum Gasteiger partial charge on any atom is 0.230 e. The number of unbranched alkanes of at least 4 members (excludes halogenated alkanes) is 1. The van der Waals surface area contributed by atoms with E-state index in [9.17, 15) is 4.79 Å². The quantitative estimate of drug-likeness (QED) is 0.493. The lowest BCUT2D eigenvalue weighted by Gasteiger charge is -2.09. The van der Waals surface area contributed by atoms with Crippen LogP contribution in [0.2, 0.25) is 0 Å². The number of nitrogens with zero attached hydrogens (tertiary/aromatic N) is 2. The summed E-state index contributed by atoms with van der Waals surface area (Å²) in [7, 11) is 0. The summed E-state index contributed by atoms with van der Waals surface area (Å²) in [6, 6.07) is 7.69. The van der Waals surface area contributed by atoms with Crippen LogP contribution in [-0.4, -0.2) is 35.0 Å². The lowest BCUT2D eigenvalue weighted by molar-refractivity contribution is -0.118. The van der Waals surface area contributed by atoms with Crippen LogP contribution in [0.1, 0.15) is 26.7 Å². The fourth-order valence-corrected chi connectivity index (χ4v) is 3.46. The zero-order valence-corrected chi connectivity index (χ0v) is 15.5. The highest BCUT2D eigenvalue weighted by Crippen LogP contribution is 2.31. The molecule has 6 nitrogen and oxygen atoms in total. The van der Waals surface area contributed by atoms with E-state index in [1.54, 1.807) is 0 Å². The molecule has 0 atom stereocenters. The smallest absolute Gasteiger partial charge is 0.230 e. The van der Waals surface area contributed by atoms with Crippen LogP contribution in [0.5, 0.6) is 5.75 Å². The third kappa shape index (κ3) is 6.01. The summed E-state index contributed by atoms with van der Waals surface area (Å²) < 4.78 is 6.34. The fourth-order valence-electron chi connectivity index (χ4n) is 1.87. The van der Waals surface area contributed by atoms with Crippen molar-refractivity contribution in [2.24, 2.45) is 0 Å². The second kappa shape index (κ2) is 10.1. The maximum atomic E-state index is 11.7. The van der Waals surface area contributed by atoms with Crippen molar-refractivity contribution in [3.8, 4) is 5.75 Å². The van der Waals surface area contributed by atoms with Gasteiger partial charge in [0.25, 0.3) is 0 Å². The normalized spacial score (nSPS) is 10.4. The standard InChI is InChI=1S/C16H22N4O2S2/c1-3-5-10-17-14(21)11-23-16-20-19-15(24-16)18-12-8-6-7-9-13(12)22-4-2/h6-9H,3-5,10-11H2,1-2H3,(H,17,21)(H,18,19). The number of hydrogen-bond acceptors (Lipinski definition) is 7. The van der Waals surface area contributed by atoms with Crippen LogP contribution in [0.15, 0.2) is 28.6 Å². The van der Waals surface area contributed by atoms with Gasteiger partial charge < -0.3 is 15.4 Å². The summed E-state index contributed by atoms with van der Waals surface area (Å²) in [5.41, 5.74) is 0.851. The van der Waals surface area contributed by atoms with Gasteiger partial charge in [-0.05, 0) is 25.5 Å². The Balaban J connectivity index is 1.86. The van der Waals surface area contributed by atoms with Gasteiger partial charge in [-0.2, -0.15) is 0 Å². The average Bonchev–Trinajstić information content (AvgIpc) is 3.03. The third-order valence-electron chi connectivity index (χ3n) is 3.01. The second-order valence-corrected chi connectivity index (χ2v) is 7.12. The predicted molar refractivity (Wildman–Crippen MR) is 99.4 cm³/mol. The molecule has 0 aliphatic rings. The molecule has 2 aromatic rings. The minimum Gasteiger partial charge on any atom is -0.492 e. The molecule has 1 amide bonds. The fraction of sp³-hybridized carbons (Fsp3) is 0.438. The third-order valence-corrected chi connectivity index (χ3v) is 4.99. The first kappa shape index (κ1) is 18.5. The van der Waals surface area contributed by atoms with Gasteiger partial charge in [0.2, 0.25) is 11.0 Å². The number of para-hydroxylation sites is 2. The first-order valence-corrected chi connectivity index (χ1v) is 9.75. The van der Waals surface area contributed by atoms with Crippen LogP contribution in [0.4, 0.5) is 10.8 Å². The van der Waals surface area contributed by atoms with Crippen molar-refractivity contribution in [1.29, 1.82) is 0 Å². The second-order valence-electron chi connectivity index (χ2n) is 4.92. The Bertz CT molecular complexity index is 649. The maximum absolute atomic E-state index is 11.7. The first-order chi connectivity index (χ1) is 11.7. The molecule has 0 bridgehead atoms. The number of hydrogen-bond donors (Lipinski definition) is 2. The summed E-state index contributed by atoms with van der Waals surface area (Å²) in [4.78, 5) is 11.7. The van der Waals surface area contributed by atoms with E-state index in [0.29, 0.717) is 17.5 Å². The van der Waals surface area contributed by atoms with Crippen LogP contribution in [0.25, 0.3) is 0 Å². The molecule has 0 saturated heterocycles.